The molecule has 0 N–H and O–H groups in total. The largest absolute Gasteiger partial charge is 0.0550 e. The van der Waals surface area contributed by atoms with Crippen LogP contribution in [0.4, 0.5) is 0 Å². The smallest absolute Gasteiger partial charge is 0.00703 e. The Hall–Kier alpha value is 0.868. The molecular weight excluding hydrogens is 112 g/mol. The van der Waals surface area contributed by atoms with Crippen molar-refractivity contribution in [2.24, 2.45) is 0 Å². The monoisotopic (exact) mass is 120 g/mol. The van der Waals surface area contributed by atoms with Crippen molar-refractivity contribution in [1.82, 2.24) is 0 Å². The van der Waals surface area contributed by atoms with Crippen LogP contribution in [0.5, 0.6) is 0 Å². The Balaban J connectivity index is 2.55. The number of hydrogen-bond acceptors (Lipinski definition) is 0. The third-order valence-corrected chi connectivity index (χ3v) is 27.0. The van der Waals surface area contributed by atoms with Crippen LogP contribution in [0, 0.1) is 0 Å². The summed E-state index contributed by atoms with van der Waals surface area (Å²) in [5, 5.41) is 0. The Morgan fingerprint density at radius 3 is 1.25 bits per heavy atom. The van der Waals surface area contributed by atoms with E-state index in [4.69, 9.17) is 0 Å². The maximum absolute atomic E-state index is 1.54. The van der Waals surface area contributed by atoms with Gasteiger partial charge in [-0.15, -0.1) is 0 Å². The molecule has 24 valence electrons. The molecule has 0 saturated carbocycles. The van der Waals surface area contributed by atoms with Crippen LogP contribution in [0.1, 0.15) is 0 Å². The molecular formula is H8Si4. The second kappa shape index (κ2) is 3.87. The molecule has 0 rings (SSSR count). The van der Waals surface area contributed by atoms with E-state index in [1.54, 1.807) is 19.5 Å². The van der Waals surface area contributed by atoms with Gasteiger partial charge in [-0.3, -0.25) is 0 Å². The van der Waals surface area contributed by atoms with Gasteiger partial charge in [0.2, 0.25) is 0 Å². The van der Waals surface area contributed by atoms with E-state index in [2.05, 4.69) is 0 Å². The Morgan fingerprint density at radius 1 is 1.00 bits per heavy atom. The van der Waals surface area contributed by atoms with Crippen molar-refractivity contribution >= 4 is 35.8 Å². The van der Waals surface area contributed by atoms with Gasteiger partial charge >= 0.3 is 0 Å². The summed E-state index contributed by atoms with van der Waals surface area (Å²) in [6.07, 6.45) is 0. The lowest BCUT2D eigenvalue weighted by atomic mass is 26.7. The van der Waals surface area contributed by atoms with Crippen molar-refractivity contribution in [1.29, 1.82) is 0 Å². The molecule has 0 spiro atoms. The van der Waals surface area contributed by atoms with Crippen LogP contribution in [0.15, 0.2) is 0 Å². The molecule has 0 aromatic carbocycles. The van der Waals surface area contributed by atoms with Gasteiger partial charge in [0, 0.05) is 19.5 Å². The molecule has 0 heterocycles. The summed E-state index contributed by atoms with van der Waals surface area (Å²) < 4.78 is 0. The summed E-state index contributed by atoms with van der Waals surface area (Å²) in [6.45, 7) is 0. The lowest BCUT2D eigenvalue weighted by Crippen LogP contribution is -1.79. The van der Waals surface area contributed by atoms with Gasteiger partial charge in [-0.25, -0.2) is 0 Å². The van der Waals surface area contributed by atoms with E-state index in [1.807, 2.05) is 0 Å². The molecule has 0 bridgehead atoms. The Bertz CT molecular complexity index is 15.2. The van der Waals surface area contributed by atoms with Crippen molar-refractivity contribution in [3.63, 3.8) is 0 Å². The van der Waals surface area contributed by atoms with Gasteiger partial charge in [-0.2, -0.15) is 0 Å². The van der Waals surface area contributed by atoms with Gasteiger partial charge in [0.15, 0.2) is 0 Å². The first-order chi connectivity index (χ1) is 1.91. The molecule has 0 unspecified atom stereocenters. The van der Waals surface area contributed by atoms with E-state index >= 15 is 0 Å². The first-order valence-electron chi connectivity index (χ1n) is 1.49. The summed E-state index contributed by atoms with van der Waals surface area (Å²) in [5.74, 6) is 0. The topological polar surface area (TPSA) is 0 Å². The third kappa shape index (κ3) is 2.87. The van der Waals surface area contributed by atoms with Crippen molar-refractivity contribution < 1.29 is 0 Å². The van der Waals surface area contributed by atoms with Gasteiger partial charge in [0.25, 0.3) is 0 Å². The minimum Gasteiger partial charge on any atom is -0.0550 e. The average Bonchev–Trinajstić information content (AvgIpc) is 1.37. The van der Waals surface area contributed by atoms with Gasteiger partial charge in [-0.05, 0) is 0 Å². The fourth-order valence-electron chi connectivity index (χ4n) is 0. The van der Waals surface area contributed by atoms with Gasteiger partial charge in [0.1, 0.15) is 0 Å². The lowest BCUT2D eigenvalue weighted by Gasteiger charge is -1.45. The summed E-state index contributed by atoms with van der Waals surface area (Å²) >= 11 is 0. The highest BCUT2D eigenvalue weighted by Gasteiger charge is 1.38. The molecule has 0 fully saturated rings. The van der Waals surface area contributed by atoms with Crippen molar-refractivity contribution in [2.75, 3.05) is 0 Å². The third-order valence-electron chi connectivity index (χ3n) is 0.333. The molecule has 0 saturated heterocycles. The SMILES string of the molecule is [SiH3][SiH]=[SiH][SiH3]. The predicted molar refractivity (Wildman–Crippen MR) is 34.2 cm³/mol. The van der Waals surface area contributed by atoms with Crippen molar-refractivity contribution in [3.05, 3.63) is 0 Å². The van der Waals surface area contributed by atoms with Gasteiger partial charge < -0.3 is 0 Å². The molecule has 4 heavy (non-hydrogen) atoms. The van der Waals surface area contributed by atoms with E-state index in [-0.39, 0.29) is 0 Å². The molecule has 0 radical (unpaired) electrons. The second-order valence-corrected chi connectivity index (χ2v) is 18.0. The summed E-state index contributed by atoms with van der Waals surface area (Å²) in [7, 11) is 5.22. The number of rotatable bonds is 0. The highest BCUT2D eigenvalue weighted by molar-refractivity contribution is 7.17. The quantitative estimate of drug-likeness (QED) is 0.289. The molecule has 0 aliphatic heterocycles. The van der Waals surface area contributed by atoms with Crippen LogP contribution < -0.4 is 0 Å². The molecule has 0 aliphatic rings. The highest BCUT2D eigenvalue weighted by Crippen LogP contribution is 1.03. The van der Waals surface area contributed by atoms with Gasteiger partial charge in [0.05, 0.1) is 0 Å². The van der Waals surface area contributed by atoms with Crippen LogP contribution in [0.25, 0.3) is 0 Å². The molecule has 0 amide bonds. The molecule has 0 nitrogen and oxygen atoms in total. The second-order valence-electron chi connectivity index (χ2n) is 0.667. The maximum Gasteiger partial charge on any atom is 0.00703 e. The first kappa shape index (κ1) is 4.87. The number of hydrogen-bond donors (Lipinski definition) is 0. The lowest BCUT2D eigenvalue weighted by molar-refractivity contribution is 4.34. The highest BCUT2D eigenvalue weighted by atomic mass is 29.5. The zero-order chi connectivity index (χ0) is 3.41. The Kier molecular flexibility index (Phi) is 4.71. The molecule has 0 aromatic heterocycles. The molecule has 0 aliphatic carbocycles. The molecule has 4 heteroatoms. The zero-order valence-corrected chi connectivity index (χ0v) is 9.46. The van der Waals surface area contributed by atoms with Crippen LogP contribution in [-0.2, 0) is 0 Å². The summed E-state index contributed by atoms with van der Waals surface area (Å²) in [5.41, 5.74) is 0. The molecule has 0 atom stereocenters. The van der Waals surface area contributed by atoms with Crippen molar-refractivity contribution in [3.8, 4) is 0 Å². The van der Waals surface area contributed by atoms with Crippen LogP contribution >= 0.6 is 0 Å². The zero-order valence-electron chi connectivity index (χ0n) is 3.15. The predicted octanol–water partition coefficient (Wildman–Crippen LogP) is -3.66. The molecule has 0 aromatic rings. The van der Waals surface area contributed by atoms with E-state index in [0.29, 0.717) is 0 Å². The Labute approximate surface area is 36.4 Å². The fourth-order valence-corrected chi connectivity index (χ4v) is 0. The first-order valence-corrected chi connectivity index (χ1v) is 13.4. The standard InChI is InChI=1S/H8Si4/c1-3-4-2/h3-4H,1-2H3. The van der Waals surface area contributed by atoms with Crippen LogP contribution in [-0.4, -0.2) is 35.8 Å². The van der Waals surface area contributed by atoms with Crippen molar-refractivity contribution in [2.45, 2.75) is 0 Å². The van der Waals surface area contributed by atoms with E-state index in [0.717, 1.165) is 16.3 Å². The normalized spacial score (nSPS) is 11.0. The van der Waals surface area contributed by atoms with E-state index < -0.39 is 0 Å². The van der Waals surface area contributed by atoms with E-state index in [9.17, 15) is 0 Å². The minimum atomic E-state index is 1.07. The minimum absolute atomic E-state index is 1.07. The van der Waals surface area contributed by atoms with Crippen LogP contribution in [0.2, 0.25) is 0 Å². The summed E-state index contributed by atoms with van der Waals surface area (Å²) in [6, 6.07) is 0. The van der Waals surface area contributed by atoms with Gasteiger partial charge in [-0.1, -0.05) is 16.3 Å². The Morgan fingerprint density at radius 2 is 1.25 bits per heavy atom. The van der Waals surface area contributed by atoms with E-state index in [1.165, 1.54) is 0 Å². The average molecular weight is 120 g/mol. The summed E-state index contributed by atoms with van der Waals surface area (Å²) in [4.78, 5) is 0. The fraction of sp³-hybridized carbons (Fsp3) is 0. The van der Waals surface area contributed by atoms with Crippen LogP contribution in [0.3, 0.4) is 0 Å². The maximum atomic E-state index is 1.54.